The predicted molar refractivity (Wildman–Crippen MR) is 66.1 cm³/mol. The van der Waals surface area contributed by atoms with Crippen LogP contribution in [0.3, 0.4) is 0 Å². The topological polar surface area (TPSA) is 59.6 Å². The van der Waals surface area contributed by atoms with E-state index in [0.717, 1.165) is 11.3 Å². The number of fused-ring (bicyclic) bond motifs is 1. The van der Waals surface area contributed by atoms with Crippen LogP contribution in [-0.2, 0) is 0 Å². The summed E-state index contributed by atoms with van der Waals surface area (Å²) in [6, 6.07) is 7.39. The van der Waals surface area contributed by atoms with E-state index in [1.165, 1.54) is 0 Å². The molecular formula is C13H13N3O2. The van der Waals surface area contributed by atoms with Gasteiger partial charge in [0.1, 0.15) is 23.6 Å². The summed E-state index contributed by atoms with van der Waals surface area (Å²) in [4.78, 5) is 4.03. The molecule has 0 saturated heterocycles. The van der Waals surface area contributed by atoms with Crippen molar-refractivity contribution >= 4 is 5.71 Å². The molecule has 2 heterocycles. The van der Waals surface area contributed by atoms with Gasteiger partial charge in [-0.05, 0) is 19.1 Å². The van der Waals surface area contributed by atoms with Gasteiger partial charge in [-0.1, -0.05) is 17.3 Å². The predicted octanol–water partition coefficient (Wildman–Crippen LogP) is 2.08. The summed E-state index contributed by atoms with van der Waals surface area (Å²) in [7, 11) is 0. The van der Waals surface area contributed by atoms with Crippen LogP contribution < -0.4 is 4.74 Å². The molecule has 18 heavy (non-hydrogen) atoms. The summed E-state index contributed by atoms with van der Waals surface area (Å²) < 4.78 is 7.74. The van der Waals surface area contributed by atoms with Gasteiger partial charge in [0, 0.05) is 18.0 Å². The molecule has 0 saturated carbocycles. The number of para-hydroxylation sites is 1. The molecule has 0 radical (unpaired) electrons. The van der Waals surface area contributed by atoms with E-state index in [0.29, 0.717) is 5.71 Å². The number of rotatable bonds is 1. The highest BCUT2D eigenvalue weighted by molar-refractivity contribution is 6.06. The third kappa shape index (κ3) is 1.55. The van der Waals surface area contributed by atoms with E-state index >= 15 is 0 Å². The fourth-order valence-electron chi connectivity index (χ4n) is 2.36. The first-order valence-electron chi connectivity index (χ1n) is 5.76. The molecule has 1 aliphatic rings. The van der Waals surface area contributed by atoms with Gasteiger partial charge in [-0.2, -0.15) is 0 Å². The molecule has 0 aliphatic carbocycles. The lowest BCUT2D eigenvalue weighted by molar-refractivity contribution is 0.173. The monoisotopic (exact) mass is 243 g/mol. The largest absolute Gasteiger partial charge is 0.487 e. The van der Waals surface area contributed by atoms with Crippen LogP contribution in [0, 0.1) is 0 Å². The Bertz CT molecular complexity index is 578. The molecule has 0 amide bonds. The average molecular weight is 243 g/mol. The van der Waals surface area contributed by atoms with E-state index in [2.05, 4.69) is 10.1 Å². The molecule has 92 valence electrons. The van der Waals surface area contributed by atoms with Crippen molar-refractivity contribution in [2.75, 3.05) is 0 Å². The van der Waals surface area contributed by atoms with Crippen molar-refractivity contribution in [3.63, 3.8) is 0 Å². The van der Waals surface area contributed by atoms with E-state index in [1.54, 1.807) is 12.5 Å². The molecule has 1 aliphatic heterocycles. The summed E-state index contributed by atoms with van der Waals surface area (Å²) in [5, 5.41) is 12.8. The Labute approximate surface area is 104 Å². The quantitative estimate of drug-likeness (QED) is 0.616. The van der Waals surface area contributed by atoms with Gasteiger partial charge in [0.25, 0.3) is 0 Å². The second-order valence-electron chi connectivity index (χ2n) is 4.26. The normalized spacial score (nSPS) is 24.6. The van der Waals surface area contributed by atoms with Crippen molar-refractivity contribution in [2.45, 2.75) is 19.1 Å². The van der Waals surface area contributed by atoms with Crippen LogP contribution in [0.25, 0.3) is 0 Å². The van der Waals surface area contributed by atoms with Gasteiger partial charge in [-0.25, -0.2) is 4.98 Å². The SMILES string of the molecule is CC1Oc2ccccc2/C(=N\O)C1n1ccnc1. The zero-order valence-electron chi connectivity index (χ0n) is 9.89. The lowest BCUT2D eigenvalue weighted by Gasteiger charge is -2.32. The van der Waals surface area contributed by atoms with Crippen LogP contribution in [-0.4, -0.2) is 26.6 Å². The summed E-state index contributed by atoms with van der Waals surface area (Å²) in [6.45, 7) is 1.95. The molecule has 1 aromatic carbocycles. The number of nitrogens with zero attached hydrogens (tertiary/aromatic N) is 3. The van der Waals surface area contributed by atoms with Gasteiger partial charge in [0.15, 0.2) is 0 Å². The molecule has 2 atom stereocenters. The first-order chi connectivity index (χ1) is 8.81. The van der Waals surface area contributed by atoms with Crippen LogP contribution in [0.15, 0.2) is 48.1 Å². The molecule has 0 fully saturated rings. The maximum atomic E-state index is 9.32. The Morgan fingerprint density at radius 1 is 1.39 bits per heavy atom. The number of ether oxygens (including phenoxy) is 1. The van der Waals surface area contributed by atoms with Crippen molar-refractivity contribution in [3.05, 3.63) is 48.5 Å². The second kappa shape index (κ2) is 4.18. The molecule has 0 spiro atoms. The van der Waals surface area contributed by atoms with E-state index in [-0.39, 0.29) is 12.1 Å². The minimum absolute atomic E-state index is 0.125. The smallest absolute Gasteiger partial charge is 0.129 e. The van der Waals surface area contributed by atoms with Gasteiger partial charge in [0.2, 0.25) is 0 Å². The summed E-state index contributed by atoms with van der Waals surface area (Å²) >= 11 is 0. The Morgan fingerprint density at radius 2 is 2.22 bits per heavy atom. The Kier molecular flexibility index (Phi) is 2.51. The van der Waals surface area contributed by atoms with Crippen molar-refractivity contribution in [1.29, 1.82) is 0 Å². The first kappa shape index (κ1) is 10.8. The summed E-state index contributed by atoms with van der Waals surface area (Å²) in [5.41, 5.74) is 1.42. The lowest BCUT2D eigenvalue weighted by atomic mass is 9.95. The van der Waals surface area contributed by atoms with E-state index in [9.17, 15) is 5.21 Å². The summed E-state index contributed by atoms with van der Waals surface area (Å²) in [5.74, 6) is 0.745. The first-order valence-corrected chi connectivity index (χ1v) is 5.76. The maximum Gasteiger partial charge on any atom is 0.129 e. The number of imidazole rings is 1. The highest BCUT2D eigenvalue weighted by Crippen LogP contribution is 2.33. The van der Waals surface area contributed by atoms with Gasteiger partial charge < -0.3 is 14.5 Å². The molecule has 1 aromatic heterocycles. The minimum atomic E-state index is -0.174. The standard InChI is InChI=1S/C13H13N3O2/c1-9-13(16-7-6-14-8-16)12(15-17)10-4-2-3-5-11(10)18-9/h2-9,13,17H,1H3/b15-12+. The molecular weight excluding hydrogens is 230 g/mol. The van der Waals surface area contributed by atoms with Gasteiger partial charge >= 0.3 is 0 Å². The Morgan fingerprint density at radius 3 is 2.94 bits per heavy atom. The number of aromatic nitrogens is 2. The van der Waals surface area contributed by atoms with Crippen LogP contribution in [0.2, 0.25) is 0 Å². The zero-order chi connectivity index (χ0) is 12.5. The minimum Gasteiger partial charge on any atom is -0.487 e. The van der Waals surface area contributed by atoms with Gasteiger partial charge in [-0.3, -0.25) is 0 Å². The molecule has 3 rings (SSSR count). The fraction of sp³-hybridized carbons (Fsp3) is 0.231. The Hall–Kier alpha value is -2.30. The van der Waals surface area contributed by atoms with E-state index in [4.69, 9.17) is 4.74 Å². The van der Waals surface area contributed by atoms with Crippen LogP contribution in [0.5, 0.6) is 5.75 Å². The van der Waals surface area contributed by atoms with Crippen LogP contribution >= 0.6 is 0 Å². The van der Waals surface area contributed by atoms with Gasteiger partial charge in [0.05, 0.1) is 6.33 Å². The van der Waals surface area contributed by atoms with Crippen molar-refractivity contribution in [2.24, 2.45) is 5.16 Å². The van der Waals surface area contributed by atoms with Crippen molar-refractivity contribution in [1.82, 2.24) is 9.55 Å². The maximum absolute atomic E-state index is 9.32. The second-order valence-corrected chi connectivity index (χ2v) is 4.26. The Balaban J connectivity index is 2.13. The van der Waals surface area contributed by atoms with E-state index < -0.39 is 0 Å². The summed E-state index contributed by atoms with van der Waals surface area (Å²) in [6.07, 6.45) is 5.11. The molecule has 1 N–H and O–H groups in total. The third-order valence-corrected chi connectivity index (χ3v) is 3.15. The molecule has 2 unspecified atom stereocenters. The molecule has 0 bridgehead atoms. The fourth-order valence-corrected chi connectivity index (χ4v) is 2.36. The zero-order valence-corrected chi connectivity index (χ0v) is 9.89. The highest BCUT2D eigenvalue weighted by Gasteiger charge is 2.34. The van der Waals surface area contributed by atoms with Crippen molar-refractivity contribution < 1.29 is 9.94 Å². The highest BCUT2D eigenvalue weighted by atomic mass is 16.5. The molecule has 2 aromatic rings. The lowest BCUT2D eigenvalue weighted by Crippen LogP contribution is -2.37. The van der Waals surface area contributed by atoms with Crippen LogP contribution in [0.4, 0.5) is 0 Å². The average Bonchev–Trinajstić information content (AvgIpc) is 2.90. The number of hydrogen-bond donors (Lipinski definition) is 1. The van der Waals surface area contributed by atoms with E-state index in [1.807, 2.05) is 42.0 Å². The molecule has 5 nitrogen and oxygen atoms in total. The molecule has 5 heteroatoms. The number of benzene rings is 1. The van der Waals surface area contributed by atoms with Gasteiger partial charge in [-0.15, -0.1) is 0 Å². The number of hydrogen-bond acceptors (Lipinski definition) is 4. The number of oxime groups is 1. The third-order valence-electron chi connectivity index (χ3n) is 3.15. The van der Waals surface area contributed by atoms with Crippen molar-refractivity contribution in [3.8, 4) is 5.75 Å². The van der Waals surface area contributed by atoms with Crippen LogP contribution in [0.1, 0.15) is 18.5 Å².